The number of aryl methyl sites for hydroxylation is 1. The molecule has 9 heteroatoms. The highest BCUT2D eigenvalue weighted by molar-refractivity contribution is 14.0. The lowest BCUT2D eigenvalue weighted by Gasteiger charge is -2.22. The van der Waals surface area contributed by atoms with E-state index in [4.69, 9.17) is 27.1 Å². The Morgan fingerprint density at radius 1 is 1.39 bits per heavy atom. The molecule has 7 nitrogen and oxygen atoms in total. The van der Waals surface area contributed by atoms with Crippen molar-refractivity contribution in [3.8, 4) is 5.75 Å². The summed E-state index contributed by atoms with van der Waals surface area (Å²) < 4.78 is 7.34. The van der Waals surface area contributed by atoms with Crippen LogP contribution in [0, 0.1) is 0 Å². The average molecular weight is 520 g/mol. The van der Waals surface area contributed by atoms with Crippen LogP contribution in [0.15, 0.2) is 41.5 Å². The molecule has 2 rings (SSSR count). The number of hydrogen-bond acceptors (Lipinski definition) is 3. The number of hydrogen-bond donors (Lipinski definition) is 2. The molecule has 0 atom stereocenters. The van der Waals surface area contributed by atoms with E-state index in [9.17, 15) is 4.79 Å². The fourth-order valence-corrected chi connectivity index (χ4v) is 2.84. The minimum absolute atomic E-state index is 0. The maximum absolute atomic E-state index is 10.8. The Hall–Kier alpha value is -1.94. The number of nitrogens with zero attached hydrogens (tertiary/aromatic N) is 3. The number of ether oxygens (including phenoxy) is 1. The van der Waals surface area contributed by atoms with Gasteiger partial charge >= 0.3 is 0 Å². The van der Waals surface area contributed by atoms with E-state index in [1.807, 2.05) is 60.9 Å². The molecule has 0 fully saturated rings. The van der Waals surface area contributed by atoms with Gasteiger partial charge in [0.15, 0.2) is 12.6 Å². The first-order valence-electron chi connectivity index (χ1n) is 8.69. The molecule has 2 aromatic rings. The van der Waals surface area contributed by atoms with Gasteiger partial charge in [-0.2, -0.15) is 0 Å². The van der Waals surface area contributed by atoms with Crippen molar-refractivity contribution in [2.75, 3.05) is 20.2 Å². The second-order valence-corrected chi connectivity index (χ2v) is 6.63. The zero-order valence-corrected chi connectivity index (χ0v) is 19.4. The molecule has 3 N–H and O–H groups in total. The molecule has 1 aromatic heterocycles. The van der Waals surface area contributed by atoms with Crippen LogP contribution in [0.3, 0.4) is 0 Å². The molecule has 0 aliphatic carbocycles. The summed E-state index contributed by atoms with van der Waals surface area (Å²) in [6.07, 6.45) is 1.88. The van der Waals surface area contributed by atoms with E-state index < -0.39 is 5.91 Å². The number of aromatic nitrogens is 1. The van der Waals surface area contributed by atoms with Gasteiger partial charge in [-0.25, -0.2) is 4.99 Å². The van der Waals surface area contributed by atoms with Gasteiger partial charge in [0.25, 0.3) is 5.91 Å². The van der Waals surface area contributed by atoms with Crippen molar-refractivity contribution in [3.63, 3.8) is 0 Å². The molecule has 28 heavy (non-hydrogen) atoms. The number of amides is 1. The highest BCUT2D eigenvalue weighted by Gasteiger charge is 2.10. The molecule has 0 bridgehead atoms. The summed E-state index contributed by atoms with van der Waals surface area (Å²) in [5.41, 5.74) is 7.18. The summed E-state index contributed by atoms with van der Waals surface area (Å²) in [5, 5.41) is 4.01. The number of nitrogens with two attached hydrogens (primary N) is 1. The van der Waals surface area contributed by atoms with Gasteiger partial charge in [0.05, 0.1) is 18.1 Å². The normalized spacial score (nSPS) is 10.9. The van der Waals surface area contributed by atoms with Crippen LogP contribution in [0.25, 0.3) is 0 Å². The predicted octanol–water partition coefficient (Wildman–Crippen LogP) is 2.76. The minimum Gasteiger partial charge on any atom is -0.484 e. The molecule has 1 amide bonds. The third-order valence-electron chi connectivity index (χ3n) is 3.86. The van der Waals surface area contributed by atoms with Crippen LogP contribution in [-0.4, -0.2) is 41.5 Å². The van der Waals surface area contributed by atoms with E-state index >= 15 is 0 Å². The van der Waals surface area contributed by atoms with E-state index in [1.54, 1.807) is 6.07 Å². The third-order valence-corrected chi connectivity index (χ3v) is 4.07. The maximum Gasteiger partial charge on any atom is 0.255 e. The van der Waals surface area contributed by atoms with Crippen molar-refractivity contribution in [3.05, 3.63) is 52.8 Å². The summed E-state index contributed by atoms with van der Waals surface area (Å²) in [6, 6.07) is 9.41. The van der Waals surface area contributed by atoms with Gasteiger partial charge < -0.3 is 25.3 Å². The average Bonchev–Trinajstić information content (AvgIpc) is 2.94. The Morgan fingerprint density at radius 3 is 2.75 bits per heavy atom. The number of nitrogens with one attached hydrogen (secondary N) is 1. The van der Waals surface area contributed by atoms with Gasteiger partial charge in [0, 0.05) is 32.5 Å². The molecule has 0 radical (unpaired) electrons. The lowest BCUT2D eigenvalue weighted by molar-refractivity contribution is -0.119. The monoisotopic (exact) mass is 519 g/mol. The van der Waals surface area contributed by atoms with Crippen LogP contribution >= 0.6 is 35.6 Å². The van der Waals surface area contributed by atoms with Crippen LogP contribution in [-0.2, 0) is 24.9 Å². The topological polar surface area (TPSA) is 84.9 Å². The van der Waals surface area contributed by atoms with Crippen LogP contribution in [0.4, 0.5) is 0 Å². The molecular weight excluding hydrogens is 493 g/mol. The first kappa shape index (κ1) is 24.1. The van der Waals surface area contributed by atoms with Gasteiger partial charge in [0.1, 0.15) is 5.75 Å². The molecule has 0 spiro atoms. The van der Waals surface area contributed by atoms with Crippen molar-refractivity contribution < 1.29 is 9.53 Å². The Morgan fingerprint density at radius 2 is 2.14 bits per heavy atom. The van der Waals surface area contributed by atoms with Gasteiger partial charge in [-0.05, 0) is 30.7 Å². The predicted molar refractivity (Wildman–Crippen MR) is 123 cm³/mol. The molecule has 1 aromatic carbocycles. The zero-order chi connectivity index (χ0) is 19.8. The van der Waals surface area contributed by atoms with Crippen LogP contribution in [0.2, 0.25) is 5.02 Å². The number of halogens is 2. The van der Waals surface area contributed by atoms with Crippen molar-refractivity contribution in [1.82, 2.24) is 14.8 Å². The fourth-order valence-electron chi connectivity index (χ4n) is 2.57. The quantitative estimate of drug-likeness (QED) is 0.319. The van der Waals surface area contributed by atoms with Crippen molar-refractivity contribution >= 4 is 47.4 Å². The number of guanidine groups is 1. The minimum atomic E-state index is -0.504. The Balaban J connectivity index is 0.00000392. The first-order valence-corrected chi connectivity index (χ1v) is 9.07. The molecule has 1 heterocycles. The molecular formula is C19H27ClIN5O2. The largest absolute Gasteiger partial charge is 0.484 e. The van der Waals surface area contributed by atoms with Crippen molar-refractivity contribution in [2.24, 2.45) is 17.8 Å². The van der Waals surface area contributed by atoms with Gasteiger partial charge in [-0.1, -0.05) is 23.7 Å². The van der Waals surface area contributed by atoms with E-state index in [-0.39, 0.29) is 30.6 Å². The molecule has 154 valence electrons. The van der Waals surface area contributed by atoms with Crippen LogP contribution in [0.1, 0.15) is 18.2 Å². The summed E-state index contributed by atoms with van der Waals surface area (Å²) in [4.78, 5) is 17.6. The van der Waals surface area contributed by atoms with E-state index in [0.717, 1.165) is 28.8 Å². The molecule has 0 aliphatic heterocycles. The SMILES string of the molecule is CCNC(=NCc1cccc(OCC(N)=O)c1)N(C)Cc1cc(Cl)cn1C.I. The fraction of sp³-hybridized carbons (Fsp3) is 0.368. The number of benzene rings is 1. The summed E-state index contributed by atoms with van der Waals surface area (Å²) >= 11 is 6.07. The number of primary amides is 1. The highest BCUT2D eigenvalue weighted by Crippen LogP contribution is 2.16. The summed E-state index contributed by atoms with van der Waals surface area (Å²) in [7, 11) is 3.95. The highest BCUT2D eigenvalue weighted by atomic mass is 127. The lowest BCUT2D eigenvalue weighted by Crippen LogP contribution is -2.38. The number of carbonyl (C=O) groups excluding carboxylic acids is 1. The van der Waals surface area contributed by atoms with Crippen molar-refractivity contribution in [1.29, 1.82) is 0 Å². The summed E-state index contributed by atoms with van der Waals surface area (Å²) in [5.74, 6) is 0.881. The third kappa shape index (κ3) is 7.59. The van der Waals surface area contributed by atoms with Gasteiger partial charge in [0.2, 0.25) is 0 Å². The first-order chi connectivity index (χ1) is 12.9. The second-order valence-electron chi connectivity index (χ2n) is 6.19. The van der Waals surface area contributed by atoms with Crippen LogP contribution in [0.5, 0.6) is 5.75 Å². The number of carbonyl (C=O) groups is 1. The second kappa shape index (κ2) is 11.8. The zero-order valence-electron chi connectivity index (χ0n) is 16.3. The van der Waals surface area contributed by atoms with E-state index in [0.29, 0.717) is 18.8 Å². The molecule has 0 unspecified atom stereocenters. The van der Waals surface area contributed by atoms with E-state index in [2.05, 4.69) is 5.32 Å². The van der Waals surface area contributed by atoms with Gasteiger partial charge in [-0.15, -0.1) is 24.0 Å². The maximum atomic E-state index is 10.8. The number of rotatable bonds is 8. The summed E-state index contributed by atoms with van der Waals surface area (Å²) in [6.45, 7) is 3.81. The number of aliphatic imine (C=N–C) groups is 1. The van der Waals surface area contributed by atoms with E-state index in [1.165, 1.54) is 0 Å². The standard InChI is InChI=1S/C19H26ClN5O2.HI/c1-4-22-19(25(3)12-16-9-15(20)11-24(16)2)23-10-14-6-5-7-17(8-14)27-13-18(21)26;/h5-9,11H,4,10,12-13H2,1-3H3,(H2,21,26)(H,22,23);1H. The van der Waals surface area contributed by atoms with Crippen LogP contribution < -0.4 is 15.8 Å². The Kier molecular flexibility index (Phi) is 10.2. The Bertz CT molecular complexity index is 809. The molecule has 0 saturated heterocycles. The van der Waals surface area contributed by atoms with Crippen molar-refractivity contribution in [2.45, 2.75) is 20.0 Å². The lowest BCUT2D eigenvalue weighted by atomic mass is 10.2. The molecule has 0 saturated carbocycles. The Labute approximate surface area is 187 Å². The molecule has 0 aliphatic rings. The van der Waals surface area contributed by atoms with Gasteiger partial charge in [-0.3, -0.25) is 4.79 Å². The smallest absolute Gasteiger partial charge is 0.255 e.